The van der Waals surface area contributed by atoms with Gasteiger partial charge in [0.1, 0.15) is 5.75 Å². The number of esters is 1. The van der Waals surface area contributed by atoms with Gasteiger partial charge in [-0.1, -0.05) is 0 Å². The molecule has 1 aromatic rings. The van der Waals surface area contributed by atoms with Crippen molar-refractivity contribution >= 4 is 11.7 Å². The highest BCUT2D eigenvalue weighted by molar-refractivity contribution is 5.97. The van der Waals surface area contributed by atoms with E-state index in [1.165, 1.54) is 0 Å². The van der Waals surface area contributed by atoms with Crippen LogP contribution in [0.3, 0.4) is 0 Å². The molecule has 2 heterocycles. The minimum atomic E-state index is -0.448. The van der Waals surface area contributed by atoms with E-state index in [2.05, 4.69) is 5.32 Å². The van der Waals surface area contributed by atoms with E-state index in [0.29, 0.717) is 17.0 Å². The van der Waals surface area contributed by atoms with Gasteiger partial charge in [-0.3, -0.25) is 0 Å². The molecule has 0 bridgehead atoms. The van der Waals surface area contributed by atoms with E-state index in [1.54, 1.807) is 25.3 Å². The minimum absolute atomic E-state index is 0.205. The molecule has 2 aliphatic heterocycles. The van der Waals surface area contributed by atoms with Crippen molar-refractivity contribution in [1.82, 2.24) is 0 Å². The van der Waals surface area contributed by atoms with Gasteiger partial charge in [0.2, 0.25) is 0 Å². The molecule has 0 aromatic heterocycles. The van der Waals surface area contributed by atoms with Gasteiger partial charge in [0.05, 0.1) is 18.4 Å². The van der Waals surface area contributed by atoms with Crippen LogP contribution in [-0.2, 0) is 9.47 Å². The summed E-state index contributed by atoms with van der Waals surface area (Å²) in [7, 11) is 1.55. The Morgan fingerprint density at radius 3 is 3.13 bits per heavy atom. The van der Waals surface area contributed by atoms with Gasteiger partial charge in [-0.05, 0) is 18.2 Å². The summed E-state index contributed by atoms with van der Waals surface area (Å²) in [4.78, 5) is 11.6. The Bertz CT molecular complexity index is 431. The fraction of sp³-hybridized carbons (Fsp3) is 0.300. The first-order valence-electron chi connectivity index (χ1n) is 4.59. The van der Waals surface area contributed by atoms with Crippen LogP contribution in [0.5, 0.6) is 5.75 Å². The fourth-order valence-electron chi connectivity index (χ4n) is 1.56. The molecule has 2 unspecified atom stereocenters. The number of benzene rings is 1. The first kappa shape index (κ1) is 8.55. The van der Waals surface area contributed by atoms with Gasteiger partial charge >= 0.3 is 5.97 Å². The van der Waals surface area contributed by atoms with E-state index in [0.717, 1.165) is 0 Å². The number of carbonyl (C=O) groups excluding carboxylic acids is 1. The molecular formula is C10H9NO4. The molecule has 0 aliphatic carbocycles. The number of epoxide rings is 1. The van der Waals surface area contributed by atoms with Crippen molar-refractivity contribution in [1.29, 1.82) is 0 Å². The second-order valence-corrected chi connectivity index (χ2v) is 3.39. The van der Waals surface area contributed by atoms with Crippen LogP contribution in [0.15, 0.2) is 18.2 Å². The van der Waals surface area contributed by atoms with E-state index in [-0.39, 0.29) is 12.2 Å². The van der Waals surface area contributed by atoms with Crippen LogP contribution in [0.4, 0.5) is 5.69 Å². The predicted octanol–water partition coefficient (Wildman–Crippen LogP) is 0.960. The summed E-state index contributed by atoms with van der Waals surface area (Å²) in [6, 6.07) is 5.21. The molecular weight excluding hydrogens is 198 g/mol. The first-order chi connectivity index (χ1) is 7.28. The Balaban J connectivity index is 2.05. The SMILES string of the molecule is COc1ccc2c(c1)C(=O)OC1OC1N2. The number of hydrogen-bond acceptors (Lipinski definition) is 5. The van der Waals surface area contributed by atoms with E-state index >= 15 is 0 Å². The third-order valence-corrected chi connectivity index (χ3v) is 2.42. The molecule has 0 spiro atoms. The summed E-state index contributed by atoms with van der Waals surface area (Å²) >= 11 is 0. The summed E-state index contributed by atoms with van der Waals surface area (Å²) in [5.74, 6) is 0.241. The Labute approximate surface area is 85.9 Å². The normalized spacial score (nSPS) is 26.6. The second kappa shape index (κ2) is 2.87. The van der Waals surface area contributed by atoms with Crippen molar-refractivity contribution in [2.75, 3.05) is 12.4 Å². The summed E-state index contributed by atoms with van der Waals surface area (Å²) in [6.07, 6.45) is -0.653. The maximum absolute atomic E-state index is 11.6. The number of nitrogens with one attached hydrogen (secondary N) is 1. The number of fused-ring (bicyclic) bond motifs is 2. The zero-order valence-corrected chi connectivity index (χ0v) is 8.02. The number of anilines is 1. The molecule has 0 saturated carbocycles. The molecule has 5 heteroatoms. The highest BCUT2D eigenvalue weighted by Gasteiger charge is 2.46. The zero-order valence-electron chi connectivity index (χ0n) is 8.02. The van der Waals surface area contributed by atoms with Crippen molar-refractivity contribution in [2.45, 2.75) is 12.5 Å². The standard InChI is InChI=1S/C10H9NO4/c1-13-5-2-3-7-6(4-5)9(12)15-10-8(11-7)14-10/h2-4,8,10-11H,1H3. The fourth-order valence-corrected chi connectivity index (χ4v) is 1.56. The quantitative estimate of drug-likeness (QED) is 0.549. The Morgan fingerprint density at radius 2 is 2.33 bits per heavy atom. The van der Waals surface area contributed by atoms with Crippen LogP contribution in [0.1, 0.15) is 10.4 Å². The molecule has 1 N–H and O–H groups in total. The molecule has 0 radical (unpaired) electrons. The lowest BCUT2D eigenvalue weighted by molar-refractivity contribution is 0.0299. The van der Waals surface area contributed by atoms with E-state index in [4.69, 9.17) is 14.2 Å². The van der Waals surface area contributed by atoms with Gasteiger partial charge in [-0.15, -0.1) is 0 Å². The Morgan fingerprint density at radius 1 is 1.47 bits per heavy atom. The summed E-state index contributed by atoms with van der Waals surface area (Å²) in [5.41, 5.74) is 1.19. The average molecular weight is 207 g/mol. The van der Waals surface area contributed by atoms with Crippen LogP contribution >= 0.6 is 0 Å². The second-order valence-electron chi connectivity index (χ2n) is 3.39. The number of hydrogen-bond donors (Lipinski definition) is 1. The molecule has 2 aliphatic rings. The van der Waals surface area contributed by atoms with Gasteiger partial charge in [-0.25, -0.2) is 4.79 Å². The van der Waals surface area contributed by atoms with E-state index in [9.17, 15) is 4.79 Å². The van der Waals surface area contributed by atoms with E-state index in [1.807, 2.05) is 0 Å². The molecule has 78 valence electrons. The molecule has 3 rings (SSSR count). The van der Waals surface area contributed by atoms with Crippen molar-refractivity contribution < 1.29 is 19.0 Å². The van der Waals surface area contributed by atoms with Gasteiger partial charge < -0.3 is 19.5 Å². The molecule has 1 fully saturated rings. The molecule has 0 amide bonds. The van der Waals surface area contributed by atoms with Crippen molar-refractivity contribution in [3.05, 3.63) is 23.8 Å². The minimum Gasteiger partial charge on any atom is -0.497 e. The maximum Gasteiger partial charge on any atom is 0.342 e. The molecule has 5 nitrogen and oxygen atoms in total. The zero-order chi connectivity index (χ0) is 10.4. The lowest BCUT2D eigenvalue weighted by atomic mass is 10.1. The number of carbonyl (C=O) groups is 1. The van der Waals surface area contributed by atoms with Gasteiger partial charge in [-0.2, -0.15) is 0 Å². The third kappa shape index (κ3) is 1.32. The largest absolute Gasteiger partial charge is 0.497 e. The molecule has 15 heavy (non-hydrogen) atoms. The van der Waals surface area contributed by atoms with Crippen LogP contribution in [-0.4, -0.2) is 25.6 Å². The van der Waals surface area contributed by atoms with E-state index < -0.39 is 6.29 Å². The van der Waals surface area contributed by atoms with Crippen molar-refractivity contribution in [2.24, 2.45) is 0 Å². The highest BCUT2D eigenvalue weighted by Crippen LogP contribution is 2.34. The van der Waals surface area contributed by atoms with Crippen LogP contribution < -0.4 is 10.1 Å². The molecule has 1 aromatic carbocycles. The maximum atomic E-state index is 11.6. The lowest BCUT2D eigenvalue weighted by Gasteiger charge is -2.08. The topological polar surface area (TPSA) is 60.1 Å². The average Bonchev–Trinajstić information content (AvgIpc) is 2.96. The van der Waals surface area contributed by atoms with Gasteiger partial charge in [0.15, 0.2) is 6.23 Å². The summed E-state index contributed by atoms with van der Waals surface area (Å²) < 4.78 is 15.1. The van der Waals surface area contributed by atoms with Gasteiger partial charge in [0, 0.05) is 0 Å². The van der Waals surface area contributed by atoms with Crippen molar-refractivity contribution in [3.8, 4) is 5.75 Å². The molecule has 1 saturated heterocycles. The highest BCUT2D eigenvalue weighted by atomic mass is 16.8. The third-order valence-electron chi connectivity index (χ3n) is 2.42. The summed E-state index contributed by atoms with van der Waals surface area (Å²) in [6.45, 7) is 0. The van der Waals surface area contributed by atoms with Crippen LogP contribution in [0.25, 0.3) is 0 Å². The number of methoxy groups -OCH3 is 1. The monoisotopic (exact) mass is 207 g/mol. The predicted molar refractivity (Wildman–Crippen MR) is 50.7 cm³/mol. The first-order valence-corrected chi connectivity index (χ1v) is 4.59. The van der Waals surface area contributed by atoms with Gasteiger partial charge in [0.25, 0.3) is 6.29 Å². The molecule has 2 atom stereocenters. The number of ether oxygens (including phenoxy) is 3. The summed E-state index contributed by atoms with van der Waals surface area (Å²) in [5, 5.41) is 3.05. The number of rotatable bonds is 1. The van der Waals surface area contributed by atoms with Crippen molar-refractivity contribution in [3.63, 3.8) is 0 Å². The smallest absolute Gasteiger partial charge is 0.342 e. The van der Waals surface area contributed by atoms with Crippen LogP contribution in [0.2, 0.25) is 0 Å². The Kier molecular flexibility index (Phi) is 1.63. The Hall–Kier alpha value is -1.75. The lowest BCUT2D eigenvalue weighted by Crippen LogP contribution is -2.06. The van der Waals surface area contributed by atoms with Crippen LogP contribution in [0, 0.1) is 0 Å².